The Labute approximate surface area is 209 Å². The van der Waals surface area contributed by atoms with E-state index in [1.807, 2.05) is 77.5 Å². The van der Waals surface area contributed by atoms with Crippen molar-refractivity contribution in [3.05, 3.63) is 126 Å². The molecule has 6 nitrogen and oxygen atoms in total. The van der Waals surface area contributed by atoms with Crippen molar-refractivity contribution in [1.29, 1.82) is 0 Å². The molecular formula is C29H25FN6. The first-order valence-corrected chi connectivity index (χ1v) is 11.9. The average Bonchev–Trinajstić information content (AvgIpc) is 3.38. The normalized spacial score (nSPS) is 10.8. The van der Waals surface area contributed by atoms with Crippen molar-refractivity contribution in [2.75, 3.05) is 0 Å². The van der Waals surface area contributed by atoms with E-state index in [1.54, 1.807) is 18.3 Å². The first-order chi connectivity index (χ1) is 17.7. The van der Waals surface area contributed by atoms with Crippen LogP contribution in [0.2, 0.25) is 0 Å². The standard InChI is InChI=1S/C29H25FN6/c1-2-10-23-19-27(33-28(21-11-5-3-6-12-21)22-13-7-4-8-14-22)35-34-25(23)20-36-18-17-31-29(36)24-15-9-16-26(30)32-24/h3-9,11-19H,2,10,20H2,1H3. The fraction of sp³-hybridized carbons (Fsp3) is 0.138. The molecule has 3 aromatic heterocycles. The number of pyridine rings is 1. The summed E-state index contributed by atoms with van der Waals surface area (Å²) >= 11 is 0. The molecule has 0 aliphatic carbocycles. The number of aryl methyl sites for hydroxylation is 1. The van der Waals surface area contributed by atoms with Crippen LogP contribution in [0, 0.1) is 5.95 Å². The molecule has 0 bridgehead atoms. The van der Waals surface area contributed by atoms with Crippen molar-refractivity contribution < 1.29 is 4.39 Å². The highest BCUT2D eigenvalue weighted by atomic mass is 19.1. The third kappa shape index (κ3) is 5.25. The summed E-state index contributed by atoms with van der Waals surface area (Å²) in [6.07, 6.45) is 5.31. The molecule has 0 saturated carbocycles. The predicted molar refractivity (Wildman–Crippen MR) is 139 cm³/mol. The Kier molecular flexibility index (Phi) is 6.98. The van der Waals surface area contributed by atoms with Crippen LogP contribution < -0.4 is 0 Å². The Morgan fingerprint density at radius 3 is 2.28 bits per heavy atom. The molecule has 178 valence electrons. The Balaban J connectivity index is 1.51. The molecule has 2 aromatic carbocycles. The molecule has 7 heteroatoms. The van der Waals surface area contributed by atoms with Crippen LogP contribution in [0.5, 0.6) is 0 Å². The van der Waals surface area contributed by atoms with Crippen molar-refractivity contribution >= 4 is 11.5 Å². The Morgan fingerprint density at radius 2 is 1.61 bits per heavy atom. The first-order valence-electron chi connectivity index (χ1n) is 11.9. The van der Waals surface area contributed by atoms with Crippen molar-refractivity contribution in [3.63, 3.8) is 0 Å². The Morgan fingerprint density at radius 1 is 0.889 bits per heavy atom. The summed E-state index contributed by atoms with van der Waals surface area (Å²) in [5.74, 6) is 0.599. The van der Waals surface area contributed by atoms with E-state index < -0.39 is 5.95 Å². The number of hydrogen-bond donors (Lipinski definition) is 0. The SMILES string of the molecule is CCCc1cc(N=C(c2ccccc2)c2ccccc2)nnc1Cn1ccnc1-c1cccc(F)n1. The zero-order valence-corrected chi connectivity index (χ0v) is 19.9. The number of nitrogens with zero attached hydrogens (tertiary/aromatic N) is 6. The van der Waals surface area contributed by atoms with E-state index in [1.165, 1.54) is 6.07 Å². The molecule has 0 aliphatic heterocycles. The van der Waals surface area contributed by atoms with Crippen LogP contribution in [0.1, 0.15) is 35.7 Å². The van der Waals surface area contributed by atoms with Gasteiger partial charge in [0.05, 0.1) is 18.0 Å². The number of halogens is 1. The van der Waals surface area contributed by atoms with Gasteiger partial charge in [-0.05, 0) is 30.2 Å². The quantitative estimate of drug-likeness (QED) is 0.202. The summed E-state index contributed by atoms with van der Waals surface area (Å²) < 4.78 is 15.6. The minimum atomic E-state index is -0.539. The van der Waals surface area contributed by atoms with Gasteiger partial charge in [-0.15, -0.1) is 5.10 Å². The van der Waals surface area contributed by atoms with Crippen molar-refractivity contribution in [1.82, 2.24) is 24.7 Å². The van der Waals surface area contributed by atoms with Crippen LogP contribution in [0.25, 0.3) is 11.5 Å². The lowest BCUT2D eigenvalue weighted by Crippen LogP contribution is -2.09. The second-order valence-electron chi connectivity index (χ2n) is 8.34. The molecule has 5 aromatic rings. The maximum atomic E-state index is 13.7. The van der Waals surface area contributed by atoms with Gasteiger partial charge in [0.25, 0.3) is 0 Å². The highest BCUT2D eigenvalue weighted by molar-refractivity contribution is 6.13. The van der Waals surface area contributed by atoms with Gasteiger partial charge in [-0.3, -0.25) is 0 Å². The lowest BCUT2D eigenvalue weighted by molar-refractivity contribution is 0.584. The van der Waals surface area contributed by atoms with Crippen LogP contribution in [0.15, 0.2) is 102 Å². The molecule has 0 radical (unpaired) electrons. The molecule has 0 saturated heterocycles. The number of rotatable bonds is 8. The fourth-order valence-corrected chi connectivity index (χ4v) is 4.08. The molecule has 5 rings (SSSR count). The lowest BCUT2D eigenvalue weighted by Gasteiger charge is -2.12. The topological polar surface area (TPSA) is 68.8 Å². The highest BCUT2D eigenvalue weighted by Crippen LogP contribution is 2.22. The summed E-state index contributed by atoms with van der Waals surface area (Å²) in [6, 6.07) is 26.9. The highest BCUT2D eigenvalue weighted by Gasteiger charge is 2.14. The average molecular weight is 477 g/mol. The summed E-state index contributed by atoms with van der Waals surface area (Å²) in [7, 11) is 0. The van der Waals surface area contributed by atoms with Crippen molar-refractivity contribution in [2.24, 2.45) is 4.99 Å². The lowest BCUT2D eigenvalue weighted by atomic mass is 10.0. The number of benzene rings is 2. The monoisotopic (exact) mass is 476 g/mol. The van der Waals surface area contributed by atoms with Crippen molar-refractivity contribution in [3.8, 4) is 11.5 Å². The molecule has 0 aliphatic rings. The van der Waals surface area contributed by atoms with Gasteiger partial charge in [-0.2, -0.15) is 9.49 Å². The zero-order chi connectivity index (χ0) is 24.7. The van der Waals surface area contributed by atoms with Crippen LogP contribution in [-0.4, -0.2) is 30.4 Å². The van der Waals surface area contributed by atoms with E-state index in [2.05, 4.69) is 27.1 Å². The molecule has 0 spiro atoms. The maximum Gasteiger partial charge on any atom is 0.213 e. The van der Waals surface area contributed by atoms with Gasteiger partial charge in [0.2, 0.25) is 5.95 Å². The fourth-order valence-electron chi connectivity index (χ4n) is 4.08. The smallest absolute Gasteiger partial charge is 0.213 e. The first kappa shape index (κ1) is 23.2. The van der Waals surface area contributed by atoms with Gasteiger partial charge in [-0.25, -0.2) is 15.0 Å². The molecule has 0 amide bonds. The van der Waals surface area contributed by atoms with Gasteiger partial charge >= 0.3 is 0 Å². The predicted octanol–water partition coefficient (Wildman–Crippen LogP) is 6.04. The number of hydrogen-bond acceptors (Lipinski definition) is 5. The van der Waals surface area contributed by atoms with Crippen molar-refractivity contribution in [2.45, 2.75) is 26.3 Å². The molecule has 0 fully saturated rings. The van der Waals surface area contributed by atoms with E-state index in [-0.39, 0.29) is 0 Å². The third-order valence-electron chi connectivity index (χ3n) is 5.77. The van der Waals surface area contributed by atoms with Gasteiger partial charge in [0.15, 0.2) is 11.6 Å². The van der Waals surface area contributed by atoms with E-state index in [0.29, 0.717) is 23.9 Å². The summed E-state index contributed by atoms with van der Waals surface area (Å²) in [4.78, 5) is 13.3. The minimum Gasteiger partial charge on any atom is -0.324 e. The van der Waals surface area contributed by atoms with E-state index in [4.69, 9.17) is 4.99 Å². The largest absolute Gasteiger partial charge is 0.324 e. The van der Waals surface area contributed by atoms with E-state index >= 15 is 0 Å². The van der Waals surface area contributed by atoms with E-state index in [0.717, 1.165) is 40.9 Å². The maximum absolute atomic E-state index is 13.7. The van der Waals surface area contributed by atoms with Gasteiger partial charge < -0.3 is 4.57 Å². The summed E-state index contributed by atoms with van der Waals surface area (Å²) in [5, 5.41) is 9.03. The van der Waals surface area contributed by atoms with Crippen LogP contribution in [0.4, 0.5) is 10.2 Å². The van der Waals surface area contributed by atoms with Crippen LogP contribution in [-0.2, 0) is 13.0 Å². The minimum absolute atomic E-state index is 0.448. The second-order valence-corrected chi connectivity index (χ2v) is 8.34. The van der Waals surface area contributed by atoms with Gasteiger partial charge in [0.1, 0.15) is 5.69 Å². The molecule has 0 atom stereocenters. The van der Waals surface area contributed by atoms with Crippen LogP contribution in [0.3, 0.4) is 0 Å². The number of aromatic nitrogens is 5. The second kappa shape index (κ2) is 10.8. The Hall–Kier alpha value is -4.52. The number of imidazole rings is 1. The molecule has 0 N–H and O–H groups in total. The third-order valence-corrected chi connectivity index (χ3v) is 5.77. The van der Waals surface area contributed by atoms with Gasteiger partial charge in [-0.1, -0.05) is 80.1 Å². The molecular weight excluding hydrogens is 451 g/mol. The molecule has 3 heterocycles. The van der Waals surface area contributed by atoms with E-state index in [9.17, 15) is 4.39 Å². The van der Waals surface area contributed by atoms with Gasteiger partial charge in [0, 0.05) is 23.5 Å². The Bertz CT molecular complexity index is 1440. The van der Waals surface area contributed by atoms with Crippen LogP contribution >= 0.6 is 0 Å². The molecule has 36 heavy (non-hydrogen) atoms. The zero-order valence-electron chi connectivity index (χ0n) is 19.9. The summed E-state index contributed by atoms with van der Waals surface area (Å²) in [5.41, 5.74) is 5.23. The summed E-state index contributed by atoms with van der Waals surface area (Å²) in [6.45, 7) is 2.58. The molecule has 0 unspecified atom stereocenters. The number of aliphatic imine (C=N–C) groups is 1.